The lowest BCUT2D eigenvalue weighted by Crippen LogP contribution is -2.22. The van der Waals surface area contributed by atoms with Gasteiger partial charge in [0.2, 0.25) is 11.2 Å². The predicted octanol–water partition coefficient (Wildman–Crippen LogP) is 1.78. The maximum Gasteiger partial charge on any atom is 0.253 e. The first-order valence-electron chi connectivity index (χ1n) is 7.79. The molecule has 1 unspecified atom stereocenters. The molecule has 1 amide bonds. The quantitative estimate of drug-likeness (QED) is 0.660. The molecule has 6 nitrogen and oxygen atoms in total. The molecular weight excluding hydrogens is 316 g/mol. The number of unbranched alkanes of at least 4 members (excludes halogenated alkanes) is 2. The average Bonchev–Trinajstić information content (AvgIpc) is 2.77. The number of hydrogen-bond donors (Lipinski definition) is 3. The summed E-state index contributed by atoms with van der Waals surface area (Å²) in [6.45, 7) is 3.60. The highest BCUT2D eigenvalue weighted by atomic mass is 32.2. The van der Waals surface area contributed by atoms with Crippen LogP contribution in [0.15, 0.2) is 18.2 Å². The molecule has 1 aromatic rings. The van der Waals surface area contributed by atoms with E-state index in [1.165, 1.54) is 4.31 Å². The fourth-order valence-corrected chi connectivity index (χ4v) is 3.46. The number of benzene rings is 1. The Labute approximate surface area is 139 Å². The number of rotatable bonds is 7. The van der Waals surface area contributed by atoms with Gasteiger partial charge in [-0.2, -0.15) is 0 Å². The maximum absolute atomic E-state index is 11.8. The lowest BCUT2D eigenvalue weighted by Gasteiger charge is -2.17. The summed E-state index contributed by atoms with van der Waals surface area (Å²) in [6.07, 6.45) is 4.55. The molecule has 0 aliphatic carbocycles. The van der Waals surface area contributed by atoms with E-state index >= 15 is 0 Å². The molecular formula is C16H24N2O4S. The van der Waals surface area contributed by atoms with Crippen molar-refractivity contribution >= 4 is 22.8 Å². The van der Waals surface area contributed by atoms with Gasteiger partial charge in [-0.1, -0.05) is 18.9 Å². The number of nitrogens with one attached hydrogen (secondary N) is 1. The Bertz CT molecular complexity index is 598. The number of amides is 1. The SMILES string of the molecule is CC(C)(O)CCCCCc1ccc(O)c(N2CC(=O)NS2=O)c1. The Hall–Kier alpha value is -1.60. The van der Waals surface area contributed by atoms with Crippen molar-refractivity contribution in [2.45, 2.75) is 51.6 Å². The summed E-state index contributed by atoms with van der Waals surface area (Å²) in [5.74, 6) is -0.305. The summed E-state index contributed by atoms with van der Waals surface area (Å²) >= 11 is -1.63. The first-order valence-corrected chi connectivity index (χ1v) is 8.90. The first kappa shape index (κ1) is 17.7. The number of aryl methyl sites for hydroxylation is 1. The lowest BCUT2D eigenvalue weighted by molar-refractivity contribution is -0.117. The minimum atomic E-state index is -1.63. The molecule has 23 heavy (non-hydrogen) atoms. The monoisotopic (exact) mass is 340 g/mol. The highest BCUT2D eigenvalue weighted by Gasteiger charge is 2.28. The van der Waals surface area contributed by atoms with Crippen LogP contribution >= 0.6 is 0 Å². The molecule has 1 saturated heterocycles. The van der Waals surface area contributed by atoms with Crippen molar-refractivity contribution in [3.63, 3.8) is 0 Å². The van der Waals surface area contributed by atoms with Crippen molar-refractivity contribution in [1.29, 1.82) is 0 Å². The lowest BCUT2D eigenvalue weighted by atomic mass is 9.99. The van der Waals surface area contributed by atoms with E-state index in [0.717, 1.165) is 37.7 Å². The molecule has 1 heterocycles. The zero-order valence-corrected chi connectivity index (χ0v) is 14.4. The number of aliphatic hydroxyl groups is 1. The van der Waals surface area contributed by atoms with E-state index in [0.29, 0.717) is 5.69 Å². The summed E-state index contributed by atoms with van der Waals surface area (Å²) in [4.78, 5) is 11.3. The molecule has 0 bridgehead atoms. The molecule has 0 aromatic heterocycles. The number of carbonyl (C=O) groups excluding carboxylic acids is 1. The minimum absolute atomic E-state index is 0.0145. The third-order valence-electron chi connectivity index (χ3n) is 3.75. The highest BCUT2D eigenvalue weighted by Crippen LogP contribution is 2.31. The fourth-order valence-electron chi connectivity index (χ4n) is 2.54. The van der Waals surface area contributed by atoms with Gasteiger partial charge in [0, 0.05) is 0 Å². The van der Waals surface area contributed by atoms with E-state index in [1.807, 2.05) is 19.9 Å². The van der Waals surface area contributed by atoms with Crippen LogP contribution in [0, 0.1) is 0 Å². The van der Waals surface area contributed by atoms with Gasteiger partial charge in [-0.3, -0.25) is 13.8 Å². The third-order valence-corrected chi connectivity index (χ3v) is 4.88. The van der Waals surface area contributed by atoms with Crippen LogP contribution in [-0.4, -0.2) is 32.5 Å². The van der Waals surface area contributed by atoms with Gasteiger partial charge < -0.3 is 10.2 Å². The number of aromatic hydroxyl groups is 1. The summed E-state index contributed by atoms with van der Waals surface area (Å²) in [7, 11) is 0. The van der Waals surface area contributed by atoms with Crippen molar-refractivity contribution in [3.8, 4) is 5.75 Å². The van der Waals surface area contributed by atoms with Crippen molar-refractivity contribution in [3.05, 3.63) is 23.8 Å². The van der Waals surface area contributed by atoms with E-state index in [2.05, 4.69) is 4.72 Å². The van der Waals surface area contributed by atoms with Crippen LogP contribution in [0.25, 0.3) is 0 Å². The Morgan fingerprint density at radius 1 is 1.30 bits per heavy atom. The summed E-state index contributed by atoms with van der Waals surface area (Å²) in [5.41, 5.74) is 0.818. The van der Waals surface area contributed by atoms with Crippen LogP contribution in [0.1, 0.15) is 45.1 Å². The smallest absolute Gasteiger partial charge is 0.253 e. The standard InChI is InChI=1S/C16H24N2O4S/c1-16(2,21)9-5-3-4-6-12-7-8-14(19)13(10-12)18-11-15(20)17-23(18)22/h7-8,10,19,21H,3-6,9,11H2,1-2H3,(H,17,20). The Kier molecular flexibility index (Phi) is 5.64. The second-order valence-electron chi connectivity index (χ2n) is 6.51. The van der Waals surface area contributed by atoms with Crippen LogP contribution in [-0.2, 0) is 22.4 Å². The molecule has 0 spiro atoms. The number of phenolic OH excluding ortho intramolecular Hbond substituents is 1. The van der Waals surface area contributed by atoms with Gasteiger partial charge in [0.15, 0.2) is 0 Å². The molecule has 1 aliphatic heterocycles. The summed E-state index contributed by atoms with van der Waals surface area (Å²) in [5, 5.41) is 19.6. The van der Waals surface area contributed by atoms with Gasteiger partial charge in [-0.15, -0.1) is 0 Å². The molecule has 2 rings (SSSR count). The minimum Gasteiger partial charge on any atom is -0.506 e. The van der Waals surface area contributed by atoms with Gasteiger partial charge in [-0.05, 0) is 50.8 Å². The van der Waals surface area contributed by atoms with E-state index in [4.69, 9.17) is 0 Å². The molecule has 0 saturated carbocycles. The van der Waals surface area contributed by atoms with E-state index < -0.39 is 16.8 Å². The van der Waals surface area contributed by atoms with Gasteiger partial charge in [0.05, 0.1) is 11.3 Å². The van der Waals surface area contributed by atoms with E-state index in [1.54, 1.807) is 12.1 Å². The molecule has 1 aliphatic rings. The summed E-state index contributed by atoms with van der Waals surface area (Å²) in [6, 6.07) is 5.19. The third kappa shape index (κ3) is 5.21. The fraction of sp³-hybridized carbons (Fsp3) is 0.562. The topological polar surface area (TPSA) is 89.9 Å². The van der Waals surface area contributed by atoms with Gasteiger partial charge in [-0.25, -0.2) is 4.21 Å². The van der Waals surface area contributed by atoms with Crippen molar-refractivity contribution in [2.75, 3.05) is 10.8 Å². The van der Waals surface area contributed by atoms with E-state index in [9.17, 15) is 19.2 Å². The van der Waals surface area contributed by atoms with Crippen molar-refractivity contribution in [2.24, 2.45) is 0 Å². The zero-order chi connectivity index (χ0) is 17.0. The largest absolute Gasteiger partial charge is 0.506 e. The Balaban J connectivity index is 1.93. The number of nitrogens with zero attached hydrogens (tertiary/aromatic N) is 1. The molecule has 1 aromatic carbocycles. The van der Waals surface area contributed by atoms with Crippen molar-refractivity contribution < 1.29 is 19.2 Å². The predicted molar refractivity (Wildman–Crippen MR) is 90.2 cm³/mol. The molecule has 0 radical (unpaired) electrons. The Morgan fingerprint density at radius 3 is 2.65 bits per heavy atom. The van der Waals surface area contributed by atoms with Gasteiger partial charge in [0.1, 0.15) is 12.3 Å². The molecule has 7 heteroatoms. The molecule has 128 valence electrons. The highest BCUT2D eigenvalue weighted by molar-refractivity contribution is 7.85. The number of hydrogen-bond acceptors (Lipinski definition) is 4. The molecule has 1 fully saturated rings. The maximum atomic E-state index is 11.8. The van der Waals surface area contributed by atoms with Crippen LogP contribution in [0.2, 0.25) is 0 Å². The zero-order valence-electron chi connectivity index (χ0n) is 13.5. The second kappa shape index (κ2) is 7.31. The van der Waals surface area contributed by atoms with Crippen LogP contribution in [0.3, 0.4) is 0 Å². The molecule has 1 atom stereocenters. The van der Waals surface area contributed by atoms with E-state index in [-0.39, 0.29) is 18.2 Å². The first-order chi connectivity index (χ1) is 10.8. The van der Waals surface area contributed by atoms with Gasteiger partial charge in [0.25, 0.3) is 5.91 Å². The van der Waals surface area contributed by atoms with Crippen molar-refractivity contribution in [1.82, 2.24) is 4.72 Å². The summed E-state index contributed by atoms with van der Waals surface area (Å²) < 4.78 is 15.5. The normalized spacial score (nSPS) is 18.3. The number of phenols is 1. The number of anilines is 1. The van der Waals surface area contributed by atoms with Crippen LogP contribution < -0.4 is 9.03 Å². The van der Waals surface area contributed by atoms with Gasteiger partial charge >= 0.3 is 0 Å². The van der Waals surface area contributed by atoms with Crippen LogP contribution in [0.4, 0.5) is 5.69 Å². The molecule has 3 N–H and O–H groups in total. The van der Waals surface area contributed by atoms with Crippen LogP contribution in [0.5, 0.6) is 5.75 Å². The number of carbonyl (C=O) groups is 1. The Morgan fingerprint density at radius 2 is 2.04 bits per heavy atom. The second-order valence-corrected chi connectivity index (χ2v) is 7.65. The average molecular weight is 340 g/mol.